The Hall–Kier alpha value is -0.550. The Morgan fingerprint density at radius 3 is 2.83 bits per heavy atom. The highest BCUT2D eigenvalue weighted by molar-refractivity contribution is 7.98. The maximum atomic E-state index is 5.85. The lowest BCUT2D eigenvalue weighted by atomic mass is 10.4. The number of rotatable bonds is 6. The Labute approximate surface area is 121 Å². The first kappa shape index (κ1) is 13.9. The molecule has 2 nitrogen and oxygen atoms in total. The predicted molar refractivity (Wildman–Crippen MR) is 80.5 cm³/mol. The van der Waals surface area contributed by atoms with Crippen molar-refractivity contribution in [1.29, 1.82) is 0 Å². The second kappa shape index (κ2) is 7.14. The van der Waals surface area contributed by atoms with Crippen molar-refractivity contribution in [2.45, 2.75) is 24.1 Å². The summed E-state index contributed by atoms with van der Waals surface area (Å²) in [5.41, 5.74) is 0. The van der Waals surface area contributed by atoms with Gasteiger partial charge in [0, 0.05) is 27.5 Å². The third-order valence-corrected chi connectivity index (χ3v) is 4.78. The molecule has 0 aliphatic heterocycles. The third-order valence-electron chi connectivity index (χ3n) is 2.33. The molecule has 1 heterocycles. The molecule has 2 rings (SSSR count). The zero-order chi connectivity index (χ0) is 12.8. The van der Waals surface area contributed by atoms with Gasteiger partial charge in [-0.2, -0.15) is 0 Å². The average molecular weight is 299 g/mol. The molecule has 96 valence electrons. The summed E-state index contributed by atoms with van der Waals surface area (Å²) in [5, 5.41) is 5.26. The van der Waals surface area contributed by atoms with Gasteiger partial charge in [0.25, 0.3) is 0 Å². The fourth-order valence-corrected chi connectivity index (χ4v) is 3.34. The van der Waals surface area contributed by atoms with Gasteiger partial charge in [-0.15, -0.1) is 23.1 Å². The van der Waals surface area contributed by atoms with Crippen LogP contribution in [0, 0.1) is 0 Å². The summed E-state index contributed by atoms with van der Waals surface area (Å²) in [6.07, 6.45) is 1.96. The van der Waals surface area contributed by atoms with Gasteiger partial charge in [-0.05, 0) is 30.8 Å². The zero-order valence-electron chi connectivity index (χ0n) is 10.1. The minimum absolute atomic E-state index is 0.779. The van der Waals surface area contributed by atoms with Crippen molar-refractivity contribution in [2.75, 3.05) is 6.54 Å². The van der Waals surface area contributed by atoms with Gasteiger partial charge < -0.3 is 5.32 Å². The van der Waals surface area contributed by atoms with E-state index >= 15 is 0 Å². The van der Waals surface area contributed by atoms with E-state index in [0.717, 1.165) is 23.9 Å². The van der Waals surface area contributed by atoms with Gasteiger partial charge >= 0.3 is 0 Å². The van der Waals surface area contributed by atoms with Crippen LogP contribution in [0.2, 0.25) is 5.02 Å². The highest BCUT2D eigenvalue weighted by Crippen LogP contribution is 2.26. The molecule has 1 aromatic carbocycles. The lowest BCUT2D eigenvalue weighted by molar-refractivity contribution is 0.734. The number of hydrogen-bond acceptors (Lipinski definition) is 4. The summed E-state index contributed by atoms with van der Waals surface area (Å²) in [6.45, 7) is 4.02. The molecular formula is C13H15ClN2S2. The van der Waals surface area contributed by atoms with E-state index in [1.165, 1.54) is 14.8 Å². The van der Waals surface area contributed by atoms with Gasteiger partial charge in [-0.3, -0.25) is 0 Å². The molecule has 1 N–H and O–H groups in total. The van der Waals surface area contributed by atoms with Crippen molar-refractivity contribution < 1.29 is 0 Å². The summed E-state index contributed by atoms with van der Waals surface area (Å²) in [5.74, 6) is 0.915. The molecule has 0 amide bonds. The van der Waals surface area contributed by atoms with Gasteiger partial charge in [0.2, 0.25) is 0 Å². The minimum atomic E-state index is 0.779. The fourth-order valence-electron chi connectivity index (χ4n) is 1.42. The fraction of sp³-hybridized carbons (Fsp3) is 0.308. The molecule has 0 aliphatic rings. The Balaban J connectivity index is 1.86. The maximum Gasteiger partial charge on any atom is 0.103 e. The Morgan fingerprint density at radius 1 is 1.33 bits per heavy atom. The van der Waals surface area contributed by atoms with E-state index in [4.69, 9.17) is 11.6 Å². The highest BCUT2D eigenvalue weighted by atomic mass is 35.5. The third kappa shape index (κ3) is 4.28. The molecule has 0 radical (unpaired) electrons. The molecule has 0 spiro atoms. The predicted octanol–water partition coefficient (Wildman–Crippen LogP) is 4.20. The van der Waals surface area contributed by atoms with Crippen molar-refractivity contribution in [3.8, 4) is 0 Å². The quantitative estimate of drug-likeness (QED) is 0.809. The van der Waals surface area contributed by atoms with E-state index in [1.54, 1.807) is 23.1 Å². The summed E-state index contributed by atoms with van der Waals surface area (Å²) in [6, 6.07) is 7.92. The summed E-state index contributed by atoms with van der Waals surface area (Å²) in [7, 11) is 0. The lowest BCUT2D eigenvalue weighted by Crippen LogP contribution is -2.10. The first-order valence-electron chi connectivity index (χ1n) is 5.80. The summed E-state index contributed by atoms with van der Waals surface area (Å²) < 4.78 is 0. The largest absolute Gasteiger partial charge is 0.312 e. The number of hydrogen-bond donors (Lipinski definition) is 1. The monoisotopic (exact) mass is 298 g/mol. The van der Waals surface area contributed by atoms with Gasteiger partial charge in [0.1, 0.15) is 5.01 Å². The Morgan fingerprint density at radius 2 is 2.11 bits per heavy atom. The van der Waals surface area contributed by atoms with Crippen molar-refractivity contribution in [2.24, 2.45) is 0 Å². The molecule has 0 unspecified atom stereocenters. The van der Waals surface area contributed by atoms with Crippen molar-refractivity contribution in [3.05, 3.63) is 45.4 Å². The van der Waals surface area contributed by atoms with Gasteiger partial charge in [-0.25, -0.2) is 4.98 Å². The van der Waals surface area contributed by atoms with E-state index in [9.17, 15) is 0 Å². The van der Waals surface area contributed by atoms with Crippen LogP contribution in [-0.2, 0) is 12.3 Å². The van der Waals surface area contributed by atoms with E-state index in [-0.39, 0.29) is 0 Å². The summed E-state index contributed by atoms with van der Waals surface area (Å²) >= 11 is 9.42. The summed E-state index contributed by atoms with van der Waals surface area (Å²) in [4.78, 5) is 6.95. The Kier molecular flexibility index (Phi) is 5.50. The molecule has 2 aromatic rings. The van der Waals surface area contributed by atoms with Crippen LogP contribution in [0.1, 0.15) is 16.8 Å². The van der Waals surface area contributed by atoms with Crippen molar-refractivity contribution >= 4 is 34.7 Å². The van der Waals surface area contributed by atoms with E-state index in [0.29, 0.717) is 0 Å². The molecule has 5 heteroatoms. The van der Waals surface area contributed by atoms with E-state index in [2.05, 4.69) is 17.2 Å². The average Bonchev–Trinajstić information content (AvgIpc) is 2.84. The molecule has 0 saturated heterocycles. The van der Waals surface area contributed by atoms with Gasteiger partial charge in [0.15, 0.2) is 0 Å². The number of halogens is 1. The molecule has 0 atom stereocenters. The standard InChI is InChI=1S/C13H15ClN2S2/c1-2-15-7-12-8-16-13(18-12)9-17-11-5-3-10(14)4-6-11/h3-6,8,15H,2,7,9H2,1H3. The van der Waals surface area contributed by atoms with Gasteiger partial charge in [-0.1, -0.05) is 18.5 Å². The number of thioether (sulfide) groups is 1. The van der Waals surface area contributed by atoms with Crippen LogP contribution in [0.4, 0.5) is 0 Å². The van der Waals surface area contributed by atoms with Crippen LogP contribution in [-0.4, -0.2) is 11.5 Å². The number of benzene rings is 1. The smallest absolute Gasteiger partial charge is 0.103 e. The van der Waals surface area contributed by atoms with Crippen LogP contribution in [0.5, 0.6) is 0 Å². The molecule has 1 aromatic heterocycles. The lowest BCUT2D eigenvalue weighted by Gasteiger charge is -1.99. The Bertz CT molecular complexity index is 482. The number of nitrogens with zero attached hydrogens (tertiary/aromatic N) is 1. The van der Waals surface area contributed by atoms with Crippen LogP contribution in [0.25, 0.3) is 0 Å². The van der Waals surface area contributed by atoms with Crippen molar-refractivity contribution in [3.63, 3.8) is 0 Å². The molecule has 0 fully saturated rings. The minimum Gasteiger partial charge on any atom is -0.312 e. The van der Waals surface area contributed by atoms with Crippen LogP contribution in [0.15, 0.2) is 35.4 Å². The van der Waals surface area contributed by atoms with Crippen LogP contribution >= 0.6 is 34.7 Å². The van der Waals surface area contributed by atoms with Gasteiger partial charge in [0.05, 0.1) is 5.75 Å². The maximum absolute atomic E-state index is 5.85. The molecular weight excluding hydrogens is 284 g/mol. The molecule has 0 bridgehead atoms. The normalized spacial score (nSPS) is 10.8. The number of aromatic nitrogens is 1. The SMILES string of the molecule is CCNCc1cnc(CSc2ccc(Cl)cc2)s1. The van der Waals surface area contributed by atoms with Crippen LogP contribution < -0.4 is 5.32 Å². The number of thiazole rings is 1. The van der Waals surface area contributed by atoms with Crippen molar-refractivity contribution in [1.82, 2.24) is 10.3 Å². The molecule has 0 saturated carbocycles. The second-order valence-electron chi connectivity index (χ2n) is 3.74. The second-order valence-corrected chi connectivity index (χ2v) is 6.43. The van der Waals surface area contributed by atoms with E-state index in [1.807, 2.05) is 30.5 Å². The van der Waals surface area contributed by atoms with E-state index < -0.39 is 0 Å². The topological polar surface area (TPSA) is 24.9 Å². The first-order valence-corrected chi connectivity index (χ1v) is 7.98. The molecule has 18 heavy (non-hydrogen) atoms. The number of nitrogens with one attached hydrogen (secondary N) is 1. The molecule has 0 aliphatic carbocycles. The van der Waals surface area contributed by atoms with Crippen LogP contribution in [0.3, 0.4) is 0 Å². The highest BCUT2D eigenvalue weighted by Gasteiger charge is 2.02. The zero-order valence-corrected chi connectivity index (χ0v) is 12.5. The first-order chi connectivity index (χ1) is 8.78.